The van der Waals surface area contributed by atoms with Crippen molar-refractivity contribution in [3.63, 3.8) is 0 Å². The van der Waals surface area contributed by atoms with Crippen LogP contribution in [0.3, 0.4) is 0 Å². The van der Waals surface area contributed by atoms with Gasteiger partial charge in [0.15, 0.2) is 0 Å². The molecule has 0 fully saturated rings. The standard InChI is InChI=1S/C23H28Cl2N2O2/c1-4-17-9-11-18(12-10-17)13-14-22(28)27(16(3)23(29)26-5-2)15-19-20(24)7-6-8-21(19)25/h6-12,16H,4-5,13-15H2,1-3H3,(H,26,29). The number of amides is 2. The van der Waals surface area contributed by atoms with Crippen molar-refractivity contribution < 1.29 is 9.59 Å². The van der Waals surface area contributed by atoms with Crippen LogP contribution < -0.4 is 5.32 Å². The number of aryl methyl sites for hydroxylation is 2. The molecule has 0 saturated heterocycles. The summed E-state index contributed by atoms with van der Waals surface area (Å²) in [5.74, 6) is -0.310. The second-order valence-corrected chi connectivity index (χ2v) is 7.78. The minimum atomic E-state index is -0.628. The molecule has 0 radical (unpaired) electrons. The van der Waals surface area contributed by atoms with Crippen LogP contribution in [0.2, 0.25) is 10.0 Å². The predicted octanol–water partition coefficient (Wildman–Crippen LogP) is 5.04. The van der Waals surface area contributed by atoms with Gasteiger partial charge < -0.3 is 10.2 Å². The zero-order chi connectivity index (χ0) is 21.4. The maximum absolute atomic E-state index is 13.1. The first-order chi connectivity index (χ1) is 13.9. The summed E-state index contributed by atoms with van der Waals surface area (Å²) < 4.78 is 0. The Morgan fingerprint density at radius 1 is 1.00 bits per heavy atom. The van der Waals surface area contributed by atoms with Crippen LogP contribution in [0.15, 0.2) is 42.5 Å². The van der Waals surface area contributed by atoms with E-state index in [-0.39, 0.29) is 18.4 Å². The highest BCUT2D eigenvalue weighted by Gasteiger charge is 2.26. The second-order valence-electron chi connectivity index (χ2n) is 6.96. The number of carbonyl (C=O) groups excluding carboxylic acids is 2. The average Bonchev–Trinajstić information content (AvgIpc) is 2.72. The van der Waals surface area contributed by atoms with E-state index in [0.717, 1.165) is 12.0 Å². The maximum Gasteiger partial charge on any atom is 0.242 e. The number of halogens is 2. The van der Waals surface area contributed by atoms with Crippen LogP contribution in [0, 0.1) is 0 Å². The first kappa shape index (κ1) is 23.2. The number of nitrogens with one attached hydrogen (secondary N) is 1. The average molecular weight is 435 g/mol. The van der Waals surface area contributed by atoms with E-state index in [1.807, 2.05) is 6.92 Å². The molecular weight excluding hydrogens is 407 g/mol. The lowest BCUT2D eigenvalue weighted by Crippen LogP contribution is -2.47. The number of likely N-dealkylation sites (N-methyl/N-ethyl adjacent to an activating group) is 1. The van der Waals surface area contributed by atoms with E-state index in [1.54, 1.807) is 30.0 Å². The summed E-state index contributed by atoms with van der Waals surface area (Å²) in [6.45, 7) is 6.37. The van der Waals surface area contributed by atoms with E-state index < -0.39 is 6.04 Å². The number of nitrogens with zero attached hydrogens (tertiary/aromatic N) is 1. The summed E-state index contributed by atoms with van der Waals surface area (Å²) >= 11 is 12.6. The van der Waals surface area contributed by atoms with Crippen molar-refractivity contribution in [2.24, 2.45) is 0 Å². The Balaban J connectivity index is 2.18. The zero-order valence-corrected chi connectivity index (χ0v) is 18.7. The molecule has 0 aromatic heterocycles. The normalized spacial score (nSPS) is 11.8. The van der Waals surface area contributed by atoms with Crippen LogP contribution in [0.1, 0.15) is 43.9 Å². The number of benzene rings is 2. The van der Waals surface area contributed by atoms with Crippen molar-refractivity contribution in [1.29, 1.82) is 0 Å². The van der Waals surface area contributed by atoms with Crippen LogP contribution in [0.5, 0.6) is 0 Å². The summed E-state index contributed by atoms with van der Waals surface area (Å²) in [6, 6.07) is 12.9. The molecule has 29 heavy (non-hydrogen) atoms. The fraction of sp³-hybridized carbons (Fsp3) is 0.391. The van der Waals surface area contributed by atoms with Crippen LogP contribution in [-0.4, -0.2) is 29.3 Å². The van der Waals surface area contributed by atoms with E-state index >= 15 is 0 Å². The number of rotatable bonds is 9. The molecular formula is C23H28Cl2N2O2. The molecule has 2 aromatic rings. The molecule has 1 atom stereocenters. The number of carbonyl (C=O) groups is 2. The molecule has 2 rings (SSSR count). The molecule has 2 aromatic carbocycles. The van der Waals surface area contributed by atoms with Crippen molar-refractivity contribution in [1.82, 2.24) is 10.2 Å². The van der Waals surface area contributed by atoms with Crippen molar-refractivity contribution in [2.45, 2.75) is 52.6 Å². The van der Waals surface area contributed by atoms with E-state index in [9.17, 15) is 9.59 Å². The van der Waals surface area contributed by atoms with Gasteiger partial charge in [-0.15, -0.1) is 0 Å². The Kier molecular flexibility index (Phi) is 8.99. The molecule has 0 aliphatic rings. The monoisotopic (exact) mass is 434 g/mol. The fourth-order valence-corrected chi connectivity index (χ4v) is 3.61. The second kappa shape index (κ2) is 11.2. The van der Waals surface area contributed by atoms with Gasteiger partial charge in [0.2, 0.25) is 11.8 Å². The first-order valence-corrected chi connectivity index (χ1v) is 10.7. The Morgan fingerprint density at radius 3 is 2.14 bits per heavy atom. The van der Waals surface area contributed by atoms with Gasteiger partial charge in [-0.1, -0.05) is 60.5 Å². The third kappa shape index (κ3) is 6.48. The van der Waals surface area contributed by atoms with Gasteiger partial charge in [-0.05, 0) is 49.9 Å². The highest BCUT2D eigenvalue weighted by molar-refractivity contribution is 6.36. The third-order valence-electron chi connectivity index (χ3n) is 4.97. The topological polar surface area (TPSA) is 49.4 Å². The lowest BCUT2D eigenvalue weighted by molar-refractivity contribution is -0.140. The Bertz CT molecular complexity index is 817. The molecule has 2 amide bonds. The van der Waals surface area contributed by atoms with Crippen molar-refractivity contribution >= 4 is 35.0 Å². The van der Waals surface area contributed by atoms with Gasteiger partial charge in [-0.25, -0.2) is 0 Å². The van der Waals surface area contributed by atoms with Crippen molar-refractivity contribution in [3.8, 4) is 0 Å². The molecule has 0 spiro atoms. The van der Waals surface area contributed by atoms with Crippen molar-refractivity contribution in [2.75, 3.05) is 6.54 Å². The lowest BCUT2D eigenvalue weighted by Gasteiger charge is -2.29. The number of hydrogen-bond donors (Lipinski definition) is 1. The quantitative estimate of drug-likeness (QED) is 0.600. The predicted molar refractivity (Wildman–Crippen MR) is 119 cm³/mol. The van der Waals surface area contributed by atoms with E-state index in [0.29, 0.717) is 35.0 Å². The lowest BCUT2D eigenvalue weighted by atomic mass is 10.0. The summed E-state index contributed by atoms with van der Waals surface area (Å²) in [5.41, 5.74) is 3.00. The van der Waals surface area contributed by atoms with Gasteiger partial charge >= 0.3 is 0 Å². The summed E-state index contributed by atoms with van der Waals surface area (Å²) in [6.07, 6.45) is 1.89. The summed E-state index contributed by atoms with van der Waals surface area (Å²) in [5, 5.41) is 3.74. The molecule has 6 heteroatoms. The Labute approximate surface area is 183 Å². The summed E-state index contributed by atoms with van der Waals surface area (Å²) in [7, 11) is 0. The molecule has 1 unspecified atom stereocenters. The fourth-order valence-electron chi connectivity index (χ4n) is 3.09. The van der Waals surface area contributed by atoms with Gasteiger partial charge in [0.1, 0.15) is 6.04 Å². The molecule has 1 N–H and O–H groups in total. The first-order valence-electron chi connectivity index (χ1n) is 9.95. The molecule has 4 nitrogen and oxygen atoms in total. The van der Waals surface area contributed by atoms with E-state index in [4.69, 9.17) is 23.2 Å². The molecule has 0 saturated carbocycles. The summed E-state index contributed by atoms with van der Waals surface area (Å²) in [4.78, 5) is 27.1. The largest absolute Gasteiger partial charge is 0.355 e. The maximum atomic E-state index is 13.1. The van der Waals surface area contributed by atoms with Gasteiger partial charge in [-0.2, -0.15) is 0 Å². The Morgan fingerprint density at radius 2 is 1.59 bits per heavy atom. The van der Waals surface area contributed by atoms with Gasteiger partial charge in [-0.3, -0.25) is 9.59 Å². The third-order valence-corrected chi connectivity index (χ3v) is 5.68. The van der Waals surface area contributed by atoms with Crippen LogP contribution >= 0.6 is 23.2 Å². The van der Waals surface area contributed by atoms with Crippen LogP contribution in [-0.2, 0) is 29.0 Å². The SMILES string of the molecule is CCNC(=O)C(C)N(Cc1c(Cl)cccc1Cl)C(=O)CCc1ccc(CC)cc1. The molecule has 0 heterocycles. The van der Waals surface area contributed by atoms with Gasteiger partial charge in [0.25, 0.3) is 0 Å². The van der Waals surface area contributed by atoms with Gasteiger partial charge in [0, 0.05) is 35.1 Å². The van der Waals surface area contributed by atoms with E-state index in [2.05, 4.69) is 36.5 Å². The minimum absolute atomic E-state index is 0.112. The highest BCUT2D eigenvalue weighted by atomic mass is 35.5. The Hall–Kier alpha value is -2.04. The zero-order valence-electron chi connectivity index (χ0n) is 17.2. The number of hydrogen-bond acceptors (Lipinski definition) is 2. The van der Waals surface area contributed by atoms with Crippen LogP contribution in [0.4, 0.5) is 0 Å². The smallest absolute Gasteiger partial charge is 0.242 e. The molecule has 0 aliphatic heterocycles. The van der Waals surface area contributed by atoms with Crippen molar-refractivity contribution in [3.05, 3.63) is 69.2 Å². The molecule has 156 valence electrons. The molecule has 0 bridgehead atoms. The van der Waals surface area contributed by atoms with Gasteiger partial charge in [0.05, 0.1) is 0 Å². The highest BCUT2D eigenvalue weighted by Crippen LogP contribution is 2.27. The molecule has 0 aliphatic carbocycles. The van der Waals surface area contributed by atoms with Crippen LogP contribution in [0.25, 0.3) is 0 Å². The van der Waals surface area contributed by atoms with E-state index in [1.165, 1.54) is 5.56 Å². The minimum Gasteiger partial charge on any atom is -0.355 e.